The second-order valence-corrected chi connectivity index (χ2v) is 8.00. The van der Waals surface area contributed by atoms with Crippen LogP contribution < -0.4 is 15.4 Å². The van der Waals surface area contributed by atoms with Gasteiger partial charge in [-0.05, 0) is 55.8 Å². The van der Waals surface area contributed by atoms with Crippen molar-refractivity contribution in [3.63, 3.8) is 0 Å². The van der Waals surface area contributed by atoms with Gasteiger partial charge in [0.1, 0.15) is 11.3 Å². The van der Waals surface area contributed by atoms with Gasteiger partial charge in [-0.2, -0.15) is 5.10 Å². The Bertz CT molecular complexity index is 992. The molecule has 0 atom stereocenters. The molecule has 5 rings (SSSR count). The van der Waals surface area contributed by atoms with Crippen LogP contribution in [-0.2, 0) is 16.8 Å². The number of amides is 1. The van der Waals surface area contributed by atoms with Gasteiger partial charge in [-0.25, -0.2) is 4.98 Å². The van der Waals surface area contributed by atoms with E-state index in [1.807, 2.05) is 29.8 Å². The molecule has 7 nitrogen and oxygen atoms in total. The summed E-state index contributed by atoms with van der Waals surface area (Å²) < 4.78 is 7.36. The number of aromatic nitrogens is 3. The molecule has 28 heavy (non-hydrogen) atoms. The number of carbonyl (C=O) groups is 1. The number of anilines is 1. The third-order valence-electron chi connectivity index (χ3n) is 5.51. The molecule has 1 amide bonds. The van der Waals surface area contributed by atoms with Crippen molar-refractivity contribution in [3.8, 4) is 17.0 Å². The Balaban J connectivity index is 1.38. The Hall–Kier alpha value is -2.71. The standard InChI is InChI=1S/C20H21N5O2S/c26-18(20(5-8-21-9-6-20)25-10-1-7-22-25)24-19-23-16(13-28-19)14-2-3-17-15(12-14)4-11-27-17/h1-3,7,10,12-13,21H,4-6,8-9,11H2,(H,23,24,26). The molecule has 1 saturated heterocycles. The van der Waals surface area contributed by atoms with Crippen LogP contribution in [-0.4, -0.2) is 40.4 Å². The average molecular weight is 395 g/mol. The predicted octanol–water partition coefficient (Wildman–Crippen LogP) is 2.66. The first-order valence-corrected chi connectivity index (χ1v) is 10.4. The Labute approximate surface area is 166 Å². The van der Waals surface area contributed by atoms with Crippen LogP contribution in [0.5, 0.6) is 5.75 Å². The lowest BCUT2D eigenvalue weighted by molar-refractivity contribution is -0.126. The molecule has 8 heteroatoms. The van der Waals surface area contributed by atoms with Gasteiger partial charge in [0.05, 0.1) is 12.3 Å². The maximum Gasteiger partial charge on any atom is 0.254 e. The van der Waals surface area contributed by atoms with Crippen molar-refractivity contribution in [1.82, 2.24) is 20.1 Å². The first kappa shape index (κ1) is 17.4. The highest BCUT2D eigenvalue weighted by molar-refractivity contribution is 7.14. The highest BCUT2D eigenvalue weighted by atomic mass is 32.1. The van der Waals surface area contributed by atoms with E-state index in [1.54, 1.807) is 10.9 Å². The molecule has 2 aliphatic rings. The van der Waals surface area contributed by atoms with Crippen molar-refractivity contribution in [2.45, 2.75) is 24.8 Å². The van der Waals surface area contributed by atoms with Gasteiger partial charge < -0.3 is 10.1 Å². The minimum absolute atomic E-state index is 0.0547. The molecule has 2 aliphatic heterocycles. The number of rotatable bonds is 4. The maximum atomic E-state index is 13.2. The Morgan fingerprint density at radius 2 is 2.21 bits per heavy atom. The number of carbonyl (C=O) groups excluding carboxylic acids is 1. The number of nitrogens with one attached hydrogen (secondary N) is 2. The monoisotopic (exact) mass is 395 g/mol. The Morgan fingerprint density at radius 3 is 3.04 bits per heavy atom. The molecule has 0 aliphatic carbocycles. The molecule has 144 valence electrons. The lowest BCUT2D eigenvalue weighted by Gasteiger charge is -2.36. The maximum absolute atomic E-state index is 13.2. The first-order chi connectivity index (χ1) is 13.7. The number of hydrogen-bond donors (Lipinski definition) is 2. The molecule has 4 heterocycles. The Kier molecular flexibility index (Phi) is 4.37. The van der Waals surface area contributed by atoms with Gasteiger partial charge >= 0.3 is 0 Å². The fourth-order valence-corrected chi connectivity index (χ4v) is 4.66. The number of hydrogen-bond acceptors (Lipinski definition) is 6. The summed E-state index contributed by atoms with van der Waals surface area (Å²) in [4.78, 5) is 17.9. The number of fused-ring (bicyclic) bond motifs is 1. The molecular formula is C20H21N5O2S. The summed E-state index contributed by atoms with van der Waals surface area (Å²) in [6.07, 6.45) is 5.91. The van der Waals surface area contributed by atoms with E-state index >= 15 is 0 Å². The van der Waals surface area contributed by atoms with Crippen LogP contribution in [0.25, 0.3) is 11.3 Å². The number of thiazole rings is 1. The van der Waals surface area contributed by atoms with E-state index in [1.165, 1.54) is 16.9 Å². The lowest BCUT2D eigenvalue weighted by Crippen LogP contribution is -2.52. The molecular weight excluding hydrogens is 374 g/mol. The van der Waals surface area contributed by atoms with E-state index < -0.39 is 5.54 Å². The summed E-state index contributed by atoms with van der Waals surface area (Å²) in [6, 6.07) is 8.00. The molecule has 0 saturated carbocycles. The Morgan fingerprint density at radius 1 is 1.32 bits per heavy atom. The van der Waals surface area contributed by atoms with E-state index in [0.29, 0.717) is 18.0 Å². The van der Waals surface area contributed by atoms with Crippen LogP contribution in [0, 0.1) is 0 Å². The van der Waals surface area contributed by atoms with E-state index in [4.69, 9.17) is 4.74 Å². The zero-order valence-corrected chi connectivity index (χ0v) is 16.2. The molecule has 2 N–H and O–H groups in total. The topological polar surface area (TPSA) is 81.1 Å². The van der Waals surface area contributed by atoms with Gasteiger partial charge in [0, 0.05) is 29.8 Å². The highest BCUT2D eigenvalue weighted by Gasteiger charge is 2.42. The van der Waals surface area contributed by atoms with Gasteiger partial charge in [0.25, 0.3) is 5.91 Å². The van der Waals surface area contributed by atoms with Crippen LogP contribution in [0.2, 0.25) is 0 Å². The second kappa shape index (κ2) is 7.03. The quantitative estimate of drug-likeness (QED) is 0.710. The van der Waals surface area contributed by atoms with Crippen molar-refractivity contribution in [2.24, 2.45) is 0 Å². The van der Waals surface area contributed by atoms with Crippen LogP contribution >= 0.6 is 11.3 Å². The van der Waals surface area contributed by atoms with Gasteiger partial charge in [0.15, 0.2) is 5.13 Å². The van der Waals surface area contributed by atoms with Crippen molar-refractivity contribution in [3.05, 3.63) is 47.6 Å². The van der Waals surface area contributed by atoms with Crippen LogP contribution in [0.4, 0.5) is 5.13 Å². The molecule has 0 spiro atoms. The van der Waals surface area contributed by atoms with Crippen LogP contribution in [0.15, 0.2) is 42.0 Å². The highest BCUT2D eigenvalue weighted by Crippen LogP contribution is 2.33. The molecule has 2 aromatic heterocycles. The van der Waals surface area contributed by atoms with Crippen molar-refractivity contribution >= 4 is 22.4 Å². The SMILES string of the molecule is O=C(Nc1nc(-c2ccc3c(c2)CCO3)cs1)C1(n2cccn2)CCNCC1. The first-order valence-electron chi connectivity index (χ1n) is 9.49. The minimum atomic E-state index is -0.675. The van der Waals surface area contributed by atoms with E-state index in [2.05, 4.69) is 26.8 Å². The normalized spacial score (nSPS) is 17.7. The summed E-state index contributed by atoms with van der Waals surface area (Å²) >= 11 is 1.45. The van der Waals surface area contributed by atoms with E-state index in [-0.39, 0.29) is 5.91 Å². The largest absolute Gasteiger partial charge is 0.493 e. The summed E-state index contributed by atoms with van der Waals surface area (Å²) in [6.45, 7) is 2.31. The smallest absolute Gasteiger partial charge is 0.254 e. The molecule has 3 aromatic rings. The fraction of sp³-hybridized carbons (Fsp3) is 0.350. The number of nitrogens with zero attached hydrogens (tertiary/aromatic N) is 3. The van der Waals surface area contributed by atoms with Gasteiger partial charge in [0.2, 0.25) is 0 Å². The lowest BCUT2D eigenvalue weighted by atomic mass is 9.87. The predicted molar refractivity (Wildman–Crippen MR) is 108 cm³/mol. The van der Waals surface area contributed by atoms with E-state index in [9.17, 15) is 4.79 Å². The fourth-order valence-electron chi connectivity index (χ4n) is 3.95. The molecule has 0 bridgehead atoms. The molecule has 0 radical (unpaired) electrons. The van der Waals surface area contributed by atoms with E-state index in [0.717, 1.165) is 43.1 Å². The number of piperidine rings is 1. The van der Waals surface area contributed by atoms with Gasteiger partial charge in [-0.1, -0.05) is 0 Å². The third kappa shape index (κ3) is 2.98. The zero-order valence-electron chi connectivity index (χ0n) is 15.4. The summed E-state index contributed by atoms with van der Waals surface area (Å²) in [5.74, 6) is 0.903. The van der Waals surface area contributed by atoms with Gasteiger partial charge in [-0.15, -0.1) is 11.3 Å². The molecule has 1 aromatic carbocycles. The van der Waals surface area contributed by atoms with Crippen LogP contribution in [0.3, 0.4) is 0 Å². The summed E-state index contributed by atoms with van der Waals surface area (Å²) in [5.41, 5.74) is 2.45. The summed E-state index contributed by atoms with van der Waals surface area (Å²) in [5, 5.41) is 13.3. The second-order valence-electron chi connectivity index (χ2n) is 7.15. The van der Waals surface area contributed by atoms with Gasteiger partial charge in [-0.3, -0.25) is 14.8 Å². The van der Waals surface area contributed by atoms with Crippen molar-refractivity contribution in [1.29, 1.82) is 0 Å². The summed E-state index contributed by atoms with van der Waals surface area (Å²) in [7, 11) is 0. The molecule has 0 unspecified atom stereocenters. The third-order valence-corrected chi connectivity index (χ3v) is 6.26. The number of benzene rings is 1. The van der Waals surface area contributed by atoms with Crippen molar-refractivity contribution < 1.29 is 9.53 Å². The average Bonchev–Trinajstić information content (AvgIpc) is 3.49. The van der Waals surface area contributed by atoms with Crippen LogP contribution in [0.1, 0.15) is 18.4 Å². The molecule has 1 fully saturated rings. The number of ether oxygens (including phenoxy) is 1. The zero-order chi connectivity index (χ0) is 19.0. The van der Waals surface area contributed by atoms with Crippen molar-refractivity contribution in [2.75, 3.05) is 25.0 Å². The minimum Gasteiger partial charge on any atom is -0.493 e.